The van der Waals surface area contributed by atoms with E-state index >= 15 is 0 Å². The summed E-state index contributed by atoms with van der Waals surface area (Å²) in [5.74, 6) is 0.0274. The SMILES string of the molecule is CN(C)CCNC(=O)C[C@@H](c1ccccc1)c1cnc2ccccn12. The van der Waals surface area contributed by atoms with Crippen LogP contribution in [0.3, 0.4) is 0 Å². The Bertz CT molecular complexity index is 826. The van der Waals surface area contributed by atoms with E-state index < -0.39 is 0 Å². The number of benzene rings is 1. The molecule has 2 heterocycles. The maximum absolute atomic E-state index is 12.5. The van der Waals surface area contributed by atoms with Gasteiger partial charge in [-0.05, 0) is 31.8 Å². The van der Waals surface area contributed by atoms with Gasteiger partial charge in [0.25, 0.3) is 0 Å². The summed E-state index contributed by atoms with van der Waals surface area (Å²) in [6.07, 6.45) is 4.28. The normalized spacial score (nSPS) is 12.4. The Morgan fingerprint density at radius 3 is 2.68 bits per heavy atom. The molecule has 1 atom stereocenters. The number of hydrogen-bond donors (Lipinski definition) is 1. The fraction of sp³-hybridized carbons (Fsp3) is 0.300. The summed E-state index contributed by atoms with van der Waals surface area (Å²) in [7, 11) is 3.99. The second-order valence-corrected chi connectivity index (χ2v) is 6.43. The number of carbonyl (C=O) groups is 1. The van der Waals surface area contributed by atoms with E-state index in [0.29, 0.717) is 13.0 Å². The van der Waals surface area contributed by atoms with E-state index in [1.807, 2.05) is 62.9 Å². The van der Waals surface area contributed by atoms with Crippen molar-refractivity contribution in [2.24, 2.45) is 0 Å². The molecule has 0 fully saturated rings. The first kappa shape index (κ1) is 17.2. The Morgan fingerprint density at radius 1 is 1.16 bits per heavy atom. The standard InChI is InChI=1S/C20H24N4O/c1-23(2)13-11-21-20(25)14-17(16-8-4-3-5-9-16)18-15-22-19-10-6-7-12-24(18)19/h3-10,12,15,17H,11,13-14H2,1-2H3,(H,21,25)/t17-/m0/s1. The molecule has 1 amide bonds. The first-order valence-corrected chi connectivity index (χ1v) is 8.53. The van der Waals surface area contributed by atoms with Gasteiger partial charge in [-0.1, -0.05) is 36.4 Å². The molecule has 0 aliphatic carbocycles. The zero-order valence-corrected chi connectivity index (χ0v) is 14.7. The molecule has 25 heavy (non-hydrogen) atoms. The van der Waals surface area contributed by atoms with Crippen molar-refractivity contribution in [3.8, 4) is 0 Å². The second kappa shape index (κ2) is 7.94. The van der Waals surface area contributed by atoms with E-state index in [0.717, 1.165) is 23.4 Å². The van der Waals surface area contributed by atoms with Gasteiger partial charge in [0.05, 0.1) is 5.69 Å². The molecule has 0 aliphatic rings. The Kier molecular flexibility index (Phi) is 5.46. The summed E-state index contributed by atoms with van der Waals surface area (Å²) >= 11 is 0. The quantitative estimate of drug-likeness (QED) is 0.721. The van der Waals surface area contributed by atoms with Crippen molar-refractivity contribution >= 4 is 11.6 Å². The predicted molar refractivity (Wildman–Crippen MR) is 99.7 cm³/mol. The number of pyridine rings is 1. The molecule has 0 unspecified atom stereocenters. The molecule has 130 valence electrons. The van der Waals surface area contributed by atoms with Gasteiger partial charge in [0.15, 0.2) is 0 Å². The largest absolute Gasteiger partial charge is 0.355 e. The highest BCUT2D eigenvalue weighted by Crippen LogP contribution is 2.28. The summed E-state index contributed by atoms with van der Waals surface area (Å²) in [4.78, 5) is 19.0. The molecule has 0 saturated heterocycles. The van der Waals surface area contributed by atoms with Gasteiger partial charge in [-0.3, -0.25) is 4.79 Å². The number of imidazole rings is 1. The molecule has 1 N–H and O–H groups in total. The number of fused-ring (bicyclic) bond motifs is 1. The van der Waals surface area contributed by atoms with Crippen LogP contribution >= 0.6 is 0 Å². The van der Waals surface area contributed by atoms with Gasteiger partial charge >= 0.3 is 0 Å². The smallest absolute Gasteiger partial charge is 0.221 e. The summed E-state index contributed by atoms with van der Waals surface area (Å²) in [5, 5.41) is 3.01. The van der Waals surface area contributed by atoms with Gasteiger partial charge in [0, 0.05) is 37.8 Å². The van der Waals surface area contributed by atoms with Gasteiger partial charge < -0.3 is 14.6 Å². The van der Waals surface area contributed by atoms with Crippen LogP contribution < -0.4 is 5.32 Å². The second-order valence-electron chi connectivity index (χ2n) is 6.43. The molecule has 3 rings (SSSR count). The third kappa shape index (κ3) is 4.25. The van der Waals surface area contributed by atoms with Crippen LogP contribution in [-0.4, -0.2) is 47.4 Å². The summed E-state index contributed by atoms with van der Waals surface area (Å²) in [6.45, 7) is 1.48. The van der Waals surface area contributed by atoms with Crippen molar-refractivity contribution in [3.63, 3.8) is 0 Å². The van der Waals surface area contributed by atoms with E-state index in [1.54, 1.807) is 0 Å². The topological polar surface area (TPSA) is 49.6 Å². The number of nitrogens with one attached hydrogen (secondary N) is 1. The van der Waals surface area contributed by atoms with Gasteiger partial charge in [-0.15, -0.1) is 0 Å². The lowest BCUT2D eigenvalue weighted by Gasteiger charge is -2.18. The minimum absolute atomic E-state index is 0.0297. The molecule has 5 heteroatoms. The zero-order chi connectivity index (χ0) is 17.6. The Morgan fingerprint density at radius 2 is 1.92 bits per heavy atom. The van der Waals surface area contributed by atoms with Crippen molar-refractivity contribution in [3.05, 3.63) is 72.2 Å². The molecule has 0 saturated carbocycles. The van der Waals surface area contributed by atoms with E-state index in [9.17, 15) is 4.79 Å². The molecule has 2 aromatic heterocycles. The molecule has 0 radical (unpaired) electrons. The van der Waals surface area contributed by atoms with Gasteiger partial charge in [-0.2, -0.15) is 0 Å². The number of aromatic nitrogens is 2. The van der Waals surface area contributed by atoms with Crippen LogP contribution in [0.2, 0.25) is 0 Å². The number of nitrogens with zero attached hydrogens (tertiary/aromatic N) is 3. The summed E-state index contributed by atoms with van der Waals surface area (Å²) in [6, 6.07) is 16.1. The van der Waals surface area contributed by atoms with Crippen molar-refractivity contribution < 1.29 is 4.79 Å². The molecule has 0 bridgehead atoms. The lowest BCUT2D eigenvalue weighted by atomic mass is 9.92. The molecule has 1 aromatic carbocycles. The van der Waals surface area contributed by atoms with Crippen LogP contribution in [0.25, 0.3) is 5.65 Å². The van der Waals surface area contributed by atoms with Crippen molar-refractivity contribution in [2.45, 2.75) is 12.3 Å². The number of hydrogen-bond acceptors (Lipinski definition) is 3. The number of amides is 1. The highest BCUT2D eigenvalue weighted by atomic mass is 16.1. The van der Waals surface area contributed by atoms with Crippen LogP contribution in [0.5, 0.6) is 0 Å². The van der Waals surface area contributed by atoms with E-state index in [-0.39, 0.29) is 11.8 Å². The average molecular weight is 336 g/mol. The van der Waals surface area contributed by atoms with Crippen molar-refractivity contribution in [2.75, 3.05) is 27.2 Å². The summed E-state index contributed by atoms with van der Waals surface area (Å²) < 4.78 is 2.06. The van der Waals surface area contributed by atoms with Crippen molar-refractivity contribution in [1.29, 1.82) is 0 Å². The Balaban J connectivity index is 1.85. The first-order valence-electron chi connectivity index (χ1n) is 8.53. The molecule has 0 spiro atoms. The number of likely N-dealkylation sites (N-methyl/N-ethyl adjacent to an activating group) is 1. The third-order valence-electron chi connectivity index (χ3n) is 4.28. The highest BCUT2D eigenvalue weighted by molar-refractivity contribution is 5.77. The van der Waals surface area contributed by atoms with E-state index in [4.69, 9.17) is 0 Å². The molecule has 0 aliphatic heterocycles. The third-order valence-corrected chi connectivity index (χ3v) is 4.28. The van der Waals surface area contributed by atoms with Gasteiger partial charge in [0.1, 0.15) is 5.65 Å². The van der Waals surface area contributed by atoms with Crippen LogP contribution in [-0.2, 0) is 4.79 Å². The van der Waals surface area contributed by atoms with E-state index in [1.165, 1.54) is 0 Å². The van der Waals surface area contributed by atoms with Crippen molar-refractivity contribution in [1.82, 2.24) is 19.6 Å². The fourth-order valence-electron chi connectivity index (χ4n) is 2.96. The first-order chi connectivity index (χ1) is 12.1. The van der Waals surface area contributed by atoms with Crippen LogP contribution in [0.4, 0.5) is 0 Å². The molecule has 3 aromatic rings. The number of rotatable bonds is 7. The van der Waals surface area contributed by atoms with Gasteiger partial charge in [-0.25, -0.2) is 4.98 Å². The molecular formula is C20H24N4O. The van der Waals surface area contributed by atoms with Crippen LogP contribution in [0.1, 0.15) is 23.6 Å². The lowest BCUT2D eigenvalue weighted by Crippen LogP contribution is -2.32. The number of carbonyl (C=O) groups excluding carboxylic acids is 1. The lowest BCUT2D eigenvalue weighted by molar-refractivity contribution is -0.121. The maximum atomic E-state index is 12.5. The fourth-order valence-corrected chi connectivity index (χ4v) is 2.96. The minimum atomic E-state index is -0.0297. The predicted octanol–water partition coefficient (Wildman–Crippen LogP) is 2.53. The van der Waals surface area contributed by atoms with Crippen LogP contribution in [0.15, 0.2) is 60.9 Å². The average Bonchev–Trinajstić information content (AvgIpc) is 3.04. The molecular weight excluding hydrogens is 312 g/mol. The monoisotopic (exact) mass is 336 g/mol. The molecule has 5 nitrogen and oxygen atoms in total. The van der Waals surface area contributed by atoms with Gasteiger partial charge in [0.2, 0.25) is 5.91 Å². The van der Waals surface area contributed by atoms with Crippen LogP contribution in [0, 0.1) is 0 Å². The minimum Gasteiger partial charge on any atom is -0.355 e. The zero-order valence-electron chi connectivity index (χ0n) is 14.7. The van der Waals surface area contributed by atoms with E-state index in [2.05, 4.69) is 31.7 Å². The highest BCUT2D eigenvalue weighted by Gasteiger charge is 2.21. The summed E-state index contributed by atoms with van der Waals surface area (Å²) in [5.41, 5.74) is 3.05. The Hall–Kier alpha value is -2.66. The maximum Gasteiger partial charge on any atom is 0.221 e. The Labute approximate surface area is 148 Å².